The molecule has 0 bridgehead atoms. The van der Waals surface area contributed by atoms with Crippen LogP contribution in [0.4, 0.5) is 22.7 Å². The predicted molar refractivity (Wildman–Crippen MR) is 383 cm³/mol. The zero-order valence-corrected chi connectivity index (χ0v) is 52.8. The minimum atomic E-state index is -2.54. The van der Waals surface area contributed by atoms with Crippen molar-refractivity contribution in [3.63, 3.8) is 0 Å². The molecule has 6 heterocycles. The lowest BCUT2D eigenvalue weighted by molar-refractivity contribution is 1.17. The molecule has 4 aliphatic rings. The van der Waals surface area contributed by atoms with Gasteiger partial charge in [0.1, 0.15) is 16.1 Å². The summed E-state index contributed by atoms with van der Waals surface area (Å²) in [5, 5.41) is 11.2. The van der Waals surface area contributed by atoms with Crippen LogP contribution in [0.15, 0.2) is 249 Å². The molecular weight excluding hydrogens is 1090 g/mol. The van der Waals surface area contributed by atoms with Crippen molar-refractivity contribution in [3.05, 3.63) is 277 Å². The zero-order chi connectivity index (χ0) is 59.1. The van der Waals surface area contributed by atoms with Crippen molar-refractivity contribution in [1.82, 2.24) is 9.13 Å². The Bertz CT molecular complexity index is 5330. The normalized spacial score (nSPS) is 14.7. The van der Waals surface area contributed by atoms with Gasteiger partial charge in [-0.3, -0.25) is 0 Å². The summed E-state index contributed by atoms with van der Waals surface area (Å²) in [6, 6.07) is 95.9. The summed E-state index contributed by atoms with van der Waals surface area (Å²) in [5.74, 6) is 0. The fourth-order valence-corrected chi connectivity index (χ4v) is 23.4. The lowest BCUT2D eigenvalue weighted by Crippen LogP contribution is -2.67. The third-order valence-electron chi connectivity index (χ3n) is 20.7. The topological polar surface area (TPSA) is 16.3 Å². The predicted octanol–water partition coefficient (Wildman–Crippen LogP) is 14.5. The largest absolute Gasteiger partial charge is 0.377 e. The highest BCUT2D eigenvalue weighted by atomic mass is 28.3. The average molecular weight is 1160 g/mol. The highest BCUT2D eigenvalue weighted by Crippen LogP contribution is 2.47. The summed E-state index contributed by atoms with van der Waals surface area (Å²) < 4.78 is 5.11. The second kappa shape index (κ2) is 18.7. The summed E-state index contributed by atoms with van der Waals surface area (Å²) >= 11 is 0. The molecular formula is C80H64B2N4Si2. The van der Waals surface area contributed by atoms with Crippen molar-refractivity contribution in [2.75, 3.05) is 9.62 Å². The van der Waals surface area contributed by atoms with Crippen LogP contribution in [-0.2, 0) is 6.42 Å². The van der Waals surface area contributed by atoms with Crippen LogP contribution >= 0.6 is 0 Å². The van der Waals surface area contributed by atoms with Gasteiger partial charge in [-0.1, -0.05) is 250 Å². The van der Waals surface area contributed by atoms with Gasteiger partial charge in [-0.2, -0.15) is 0 Å². The molecule has 88 heavy (non-hydrogen) atoms. The van der Waals surface area contributed by atoms with Crippen LogP contribution < -0.4 is 52.2 Å². The van der Waals surface area contributed by atoms with E-state index in [1.165, 1.54) is 170 Å². The SMILES string of the molecule is Cc1cc(C)c2c(c1)[Si](C)(C)c1cc(Cc3cc(-c4ccccc4)c4c(c3)[Si](C)(C)c3cccc(-c5ccccc5)c3N4B3c4ccccc4-n4c5ccccc5c5cccc3c54)cc(C)c1N2B1c2ccccc2-n2c3ccccc3c3cccc1c32. The van der Waals surface area contributed by atoms with E-state index in [-0.39, 0.29) is 13.7 Å². The maximum Gasteiger partial charge on any atom is 0.332 e. The van der Waals surface area contributed by atoms with E-state index in [4.69, 9.17) is 0 Å². The summed E-state index contributed by atoms with van der Waals surface area (Å²) in [5.41, 5.74) is 30.1. The zero-order valence-electron chi connectivity index (χ0n) is 50.8. The second-order valence-corrected chi connectivity index (χ2v) is 35.2. The van der Waals surface area contributed by atoms with Crippen LogP contribution in [0.5, 0.6) is 0 Å². The summed E-state index contributed by atoms with van der Waals surface area (Å²) in [7, 11) is -4.91. The Kier molecular flexibility index (Phi) is 11.0. The highest BCUT2D eigenvalue weighted by Gasteiger charge is 2.49. The van der Waals surface area contributed by atoms with Gasteiger partial charge in [0.2, 0.25) is 0 Å². The van der Waals surface area contributed by atoms with E-state index in [1.54, 1.807) is 0 Å². The van der Waals surface area contributed by atoms with Crippen molar-refractivity contribution >= 4 is 139 Å². The number of benzene rings is 12. The van der Waals surface area contributed by atoms with Crippen LogP contribution in [0.2, 0.25) is 26.2 Å². The lowest BCUT2D eigenvalue weighted by Gasteiger charge is -2.47. The van der Waals surface area contributed by atoms with Gasteiger partial charge >= 0.3 is 13.7 Å². The van der Waals surface area contributed by atoms with E-state index in [2.05, 4.69) is 314 Å². The number of aromatic nitrogens is 2. The number of hydrogen-bond donors (Lipinski definition) is 0. The molecule has 0 radical (unpaired) electrons. The molecule has 418 valence electrons. The average Bonchev–Trinajstić information content (AvgIpc) is 1.16. The van der Waals surface area contributed by atoms with Gasteiger partial charge in [-0.15, -0.1) is 0 Å². The first-order valence-corrected chi connectivity index (χ1v) is 37.4. The third-order valence-corrected chi connectivity index (χ3v) is 27.7. The molecule has 4 aliphatic heterocycles. The van der Waals surface area contributed by atoms with E-state index in [0.717, 1.165) is 6.42 Å². The Morgan fingerprint density at radius 3 is 1.34 bits per heavy atom. The molecule has 0 saturated carbocycles. The Morgan fingerprint density at radius 1 is 0.330 bits per heavy atom. The van der Waals surface area contributed by atoms with E-state index in [9.17, 15) is 0 Å². The number of fused-ring (bicyclic) bond motifs is 14. The van der Waals surface area contributed by atoms with Crippen molar-refractivity contribution in [3.8, 4) is 33.6 Å². The van der Waals surface area contributed by atoms with Crippen LogP contribution in [-0.4, -0.2) is 39.0 Å². The minimum Gasteiger partial charge on any atom is -0.377 e. The molecule has 8 heteroatoms. The summed E-state index contributed by atoms with van der Waals surface area (Å²) in [6.07, 6.45) is 0.810. The van der Waals surface area contributed by atoms with Gasteiger partial charge in [0.25, 0.3) is 0 Å². The standard InChI is InChI=1S/C80H64B2N4Si2/c1-50-43-51(2)75-72(44-50)88(6,7)73-48-53(45-52(3)76(73)85(75)81-63-34-16-20-40-69(63)83-67-38-18-14-29-58(67)60-32-22-36-65(81)77(60)83)46-54-47-62(56-27-12-9-13-28-56)80-74(49-54)87(4,5)71-42-24-31-57(55-25-10-8-11-26-55)79(71)86(80)82-64-35-17-21-41-70(64)84-68-39-19-15-30-59(68)61-33-23-37-66(82)78(61)84/h8-45,47-49H,46H2,1-7H3. The van der Waals surface area contributed by atoms with Gasteiger partial charge in [-0.25, -0.2) is 0 Å². The Hall–Kier alpha value is -9.60. The molecule has 4 nitrogen and oxygen atoms in total. The fourth-order valence-electron chi connectivity index (χ4n) is 17.1. The van der Waals surface area contributed by atoms with Crippen molar-refractivity contribution in [2.45, 2.75) is 53.4 Å². The second-order valence-electron chi connectivity index (χ2n) is 26.5. The summed E-state index contributed by atoms with van der Waals surface area (Å²) in [4.78, 5) is 5.65. The first-order valence-electron chi connectivity index (χ1n) is 31.4. The summed E-state index contributed by atoms with van der Waals surface area (Å²) in [6.45, 7) is 17.4. The monoisotopic (exact) mass is 1160 g/mol. The molecule has 0 fully saturated rings. The van der Waals surface area contributed by atoms with Crippen molar-refractivity contribution in [2.24, 2.45) is 0 Å². The molecule has 0 atom stereocenters. The Balaban J connectivity index is 0.867. The number of hydrogen-bond acceptors (Lipinski definition) is 2. The molecule has 0 amide bonds. The molecule has 0 unspecified atom stereocenters. The van der Waals surface area contributed by atoms with E-state index < -0.39 is 16.1 Å². The molecule has 0 spiro atoms. The van der Waals surface area contributed by atoms with Gasteiger partial charge < -0.3 is 18.8 Å². The third kappa shape index (κ3) is 7.04. The molecule has 14 aromatic rings. The number of rotatable bonds is 6. The molecule has 0 saturated heterocycles. The molecule has 0 N–H and O–H groups in total. The number of nitrogens with zero attached hydrogens (tertiary/aromatic N) is 4. The quantitative estimate of drug-likeness (QED) is 0.154. The van der Waals surface area contributed by atoms with Gasteiger partial charge in [0, 0.05) is 66.8 Å². The van der Waals surface area contributed by atoms with E-state index >= 15 is 0 Å². The molecule has 18 rings (SSSR count). The Labute approximate surface area is 517 Å². The fraction of sp³-hybridized carbons (Fsp3) is 0.100. The number of aryl methyl sites for hydroxylation is 3. The van der Waals surface area contributed by atoms with Crippen LogP contribution in [0.1, 0.15) is 27.8 Å². The smallest absolute Gasteiger partial charge is 0.332 e. The Morgan fingerprint density at radius 2 is 0.750 bits per heavy atom. The molecule has 0 aliphatic carbocycles. The maximum absolute atomic E-state index is 2.84. The van der Waals surface area contributed by atoms with Crippen LogP contribution in [0, 0.1) is 20.8 Å². The first-order chi connectivity index (χ1) is 43.0. The van der Waals surface area contributed by atoms with Crippen molar-refractivity contribution in [1.29, 1.82) is 0 Å². The maximum atomic E-state index is 2.84. The highest BCUT2D eigenvalue weighted by molar-refractivity contribution is 7.06. The van der Waals surface area contributed by atoms with Gasteiger partial charge in [0.15, 0.2) is 0 Å². The van der Waals surface area contributed by atoms with Crippen LogP contribution in [0.3, 0.4) is 0 Å². The van der Waals surface area contributed by atoms with Gasteiger partial charge in [-0.05, 0) is 134 Å². The number of para-hydroxylation sites is 7. The first kappa shape index (κ1) is 51.6. The van der Waals surface area contributed by atoms with E-state index in [1.807, 2.05) is 0 Å². The van der Waals surface area contributed by atoms with Crippen molar-refractivity contribution < 1.29 is 0 Å². The molecule has 2 aromatic heterocycles. The molecule has 12 aromatic carbocycles. The lowest BCUT2D eigenvalue weighted by atomic mass is 9.46. The van der Waals surface area contributed by atoms with Gasteiger partial charge in [0.05, 0.1) is 22.1 Å². The van der Waals surface area contributed by atoms with E-state index in [0.29, 0.717) is 0 Å². The minimum absolute atomic E-state index is 0.0498. The van der Waals surface area contributed by atoms with Crippen LogP contribution in [0.25, 0.3) is 77.2 Å². The number of anilines is 4.